The van der Waals surface area contributed by atoms with Crippen LogP contribution in [0.5, 0.6) is 5.75 Å². The molecule has 1 aromatic rings. The zero-order valence-electron chi connectivity index (χ0n) is 12.8. The van der Waals surface area contributed by atoms with Crippen molar-refractivity contribution < 1.29 is 14.6 Å². The molecule has 0 aromatic heterocycles. The second kappa shape index (κ2) is 9.75. The number of hydrogen-bond acceptors (Lipinski definition) is 4. The Morgan fingerprint density at radius 3 is 2.80 bits per heavy atom. The number of benzene rings is 1. The highest BCUT2D eigenvalue weighted by Gasteiger charge is 2.12. The number of aliphatic hydroxyl groups excluding tert-OH is 1. The molecule has 2 N–H and O–H groups in total. The van der Waals surface area contributed by atoms with Crippen LogP contribution in [0.2, 0.25) is 0 Å². The van der Waals surface area contributed by atoms with E-state index >= 15 is 0 Å². The van der Waals surface area contributed by atoms with Crippen LogP contribution in [0.3, 0.4) is 0 Å². The van der Waals surface area contributed by atoms with E-state index < -0.39 is 6.10 Å². The van der Waals surface area contributed by atoms with Crippen molar-refractivity contribution in [1.82, 2.24) is 5.32 Å². The van der Waals surface area contributed by atoms with Gasteiger partial charge in [0.1, 0.15) is 5.75 Å². The Labute approximate surface area is 122 Å². The summed E-state index contributed by atoms with van der Waals surface area (Å²) in [5, 5.41) is 13.4. The van der Waals surface area contributed by atoms with Crippen LogP contribution >= 0.6 is 0 Å². The Balaban J connectivity index is 2.32. The molecule has 1 aromatic carbocycles. The first-order chi connectivity index (χ1) is 9.69. The van der Waals surface area contributed by atoms with E-state index in [1.54, 1.807) is 7.11 Å². The number of ether oxygens (including phenoxy) is 2. The molecule has 0 aliphatic heterocycles. The Morgan fingerprint density at radius 1 is 1.30 bits per heavy atom. The van der Waals surface area contributed by atoms with Gasteiger partial charge < -0.3 is 19.9 Å². The lowest BCUT2D eigenvalue weighted by atomic mass is 10.1. The molecule has 0 heterocycles. The molecule has 0 aliphatic rings. The predicted molar refractivity (Wildman–Crippen MR) is 81.3 cm³/mol. The van der Waals surface area contributed by atoms with Crippen molar-refractivity contribution >= 4 is 0 Å². The molecule has 0 radical (unpaired) electrons. The number of aryl methyl sites for hydroxylation is 1. The third-order valence-electron chi connectivity index (χ3n) is 3.15. The topological polar surface area (TPSA) is 50.7 Å². The van der Waals surface area contributed by atoms with Crippen molar-refractivity contribution in [3.63, 3.8) is 0 Å². The number of aliphatic hydroxyl groups is 1. The molecule has 1 rings (SSSR count). The van der Waals surface area contributed by atoms with E-state index in [0.717, 1.165) is 42.9 Å². The van der Waals surface area contributed by atoms with Gasteiger partial charge in [-0.2, -0.15) is 0 Å². The van der Waals surface area contributed by atoms with Gasteiger partial charge in [0.05, 0.1) is 19.8 Å². The number of hydrogen-bond donors (Lipinski definition) is 2. The zero-order chi connectivity index (χ0) is 14.8. The molecular formula is C16H27NO3. The molecule has 0 fully saturated rings. The minimum Gasteiger partial charge on any atom is -0.496 e. The molecule has 4 nitrogen and oxygen atoms in total. The molecule has 0 amide bonds. The highest BCUT2D eigenvalue weighted by molar-refractivity contribution is 5.38. The summed E-state index contributed by atoms with van der Waals surface area (Å²) in [7, 11) is 1.62. The van der Waals surface area contributed by atoms with E-state index in [2.05, 4.69) is 12.2 Å². The quantitative estimate of drug-likeness (QED) is 0.647. The zero-order valence-corrected chi connectivity index (χ0v) is 12.8. The highest BCUT2D eigenvalue weighted by atomic mass is 16.5. The van der Waals surface area contributed by atoms with E-state index in [1.165, 1.54) is 0 Å². The Morgan fingerprint density at radius 2 is 2.10 bits per heavy atom. The van der Waals surface area contributed by atoms with Crippen molar-refractivity contribution in [2.45, 2.75) is 32.8 Å². The second-order valence-electron chi connectivity index (χ2n) is 4.93. The molecule has 0 bridgehead atoms. The van der Waals surface area contributed by atoms with Crippen molar-refractivity contribution in [3.05, 3.63) is 29.3 Å². The van der Waals surface area contributed by atoms with E-state index in [-0.39, 0.29) is 0 Å². The first kappa shape index (κ1) is 17.0. The molecule has 0 spiro atoms. The van der Waals surface area contributed by atoms with E-state index in [9.17, 15) is 5.11 Å². The fourth-order valence-electron chi connectivity index (χ4n) is 1.96. The second-order valence-corrected chi connectivity index (χ2v) is 4.93. The van der Waals surface area contributed by atoms with E-state index in [0.29, 0.717) is 13.2 Å². The van der Waals surface area contributed by atoms with Crippen molar-refractivity contribution in [3.8, 4) is 5.75 Å². The van der Waals surface area contributed by atoms with Gasteiger partial charge >= 0.3 is 0 Å². The molecule has 0 aliphatic carbocycles. The van der Waals surface area contributed by atoms with Gasteiger partial charge in [0, 0.05) is 25.3 Å². The lowest BCUT2D eigenvalue weighted by Gasteiger charge is -2.16. The summed E-state index contributed by atoms with van der Waals surface area (Å²) in [6, 6.07) is 5.83. The fourth-order valence-corrected chi connectivity index (χ4v) is 1.96. The smallest absolute Gasteiger partial charge is 0.124 e. The normalized spacial score (nSPS) is 12.4. The maximum absolute atomic E-state index is 10.2. The third kappa shape index (κ3) is 5.90. The summed E-state index contributed by atoms with van der Waals surface area (Å²) >= 11 is 0. The molecule has 0 saturated carbocycles. The first-order valence-corrected chi connectivity index (χ1v) is 7.30. The summed E-state index contributed by atoms with van der Waals surface area (Å²) in [4.78, 5) is 0. The first-order valence-electron chi connectivity index (χ1n) is 7.30. The van der Waals surface area contributed by atoms with Crippen LogP contribution in [0.25, 0.3) is 0 Å². The van der Waals surface area contributed by atoms with Crippen LogP contribution in [0.1, 0.15) is 37.0 Å². The maximum Gasteiger partial charge on any atom is 0.124 e. The van der Waals surface area contributed by atoms with Crippen LogP contribution in [-0.4, -0.2) is 38.5 Å². The van der Waals surface area contributed by atoms with E-state index in [1.807, 2.05) is 25.1 Å². The standard InChI is InChI=1S/C16H27NO3/c1-4-5-9-20-10-8-17-12-15(18)14-11-13(2)6-7-16(14)19-3/h6-7,11,15,17-18H,4-5,8-10,12H2,1-3H3. The summed E-state index contributed by atoms with van der Waals surface area (Å²) < 4.78 is 10.7. The predicted octanol–water partition coefficient (Wildman–Crippen LogP) is 2.44. The van der Waals surface area contributed by atoms with Gasteiger partial charge in [-0.1, -0.05) is 25.0 Å². The molecule has 114 valence electrons. The average molecular weight is 281 g/mol. The SMILES string of the molecule is CCCCOCCNCC(O)c1cc(C)ccc1OC. The fraction of sp³-hybridized carbons (Fsp3) is 0.625. The van der Waals surface area contributed by atoms with Gasteiger partial charge in [-0.3, -0.25) is 0 Å². The van der Waals surface area contributed by atoms with Crippen LogP contribution in [-0.2, 0) is 4.74 Å². The minimum absolute atomic E-state index is 0.497. The Bertz CT molecular complexity index is 382. The van der Waals surface area contributed by atoms with Gasteiger partial charge in [-0.05, 0) is 25.5 Å². The Kier molecular flexibility index (Phi) is 8.26. The number of methoxy groups -OCH3 is 1. The lowest BCUT2D eigenvalue weighted by Crippen LogP contribution is -2.25. The molecule has 1 atom stereocenters. The molecule has 4 heteroatoms. The molecule has 0 saturated heterocycles. The van der Waals surface area contributed by atoms with Crippen LogP contribution in [0.15, 0.2) is 18.2 Å². The van der Waals surface area contributed by atoms with Gasteiger partial charge in [0.25, 0.3) is 0 Å². The third-order valence-corrected chi connectivity index (χ3v) is 3.15. The molecule has 1 unspecified atom stereocenters. The van der Waals surface area contributed by atoms with Crippen molar-refractivity contribution in [2.24, 2.45) is 0 Å². The van der Waals surface area contributed by atoms with Gasteiger partial charge in [-0.25, -0.2) is 0 Å². The summed E-state index contributed by atoms with van der Waals surface area (Å²) in [6.45, 7) is 6.88. The van der Waals surface area contributed by atoms with Crippen LogP contribution < -0.4 is 10.1 Å². The van der Waals surface area contributed by atoms with E-state index in [4.69, 9.17) is 9.47 Å². The minimum atomic E-state index is -0.569. The highest BCUT2D eigenvalue weighted by Crippen LogP contribution is 2.25. The van der Waals surface area contributed by atoms with Gasteiger partial charge in [0.15, 0.2) is 0 Å². The molecule has 20 heavy (non-hydrogen) atoms. The van der Waals surface area contributed by atoms with Crippen LogP contribution in [0, 0.1) is 6.92 Å². The monoisotopic (exact) mass is 281 g/mol. The maximum atomic E-state index is 10.2. The summed E-state index contributed by atoms with van der Waals surface area (Å²) in [5.74, 6) is 0.726. The molecular weight excluding hydrogens is 254 g/mol. The van der Waals surface area contributed by atoms with Crippen molar-refractivity contribution in [1.29, 1.82) is 0 Å². The van der Waals surface area contributed by atoms with Crippen LogP contribution in [0.4, 0.5) is 0 Å². The summed E-state index contributed by atoms with van der Waals surface area (Å²) in [6.07, 6.45) is 1.68. The lowest BCUT2D eigenvalue weighted by molar-refractivity contribution is 0.125. The van der Waals surface area contributed by atoms with Gasteiger partial charge in [0.2, 0.25) is 0 Å². The average Bonchev–Trinajstić information content (AvgIpc) is 2.46. The van der Waals surface area contributed by atoms with Crippen molar-refractivity contribution in [2.75, 3.05) is 33.4 Å². The number of nitrogens with one attached hydrogen (secondary N) is 1. The number of unbranched alkanes of at least 4 members (excludes halogenated alkanes) is 1. The summed E-state index contributed by atoms with van der Waals surface area (Å²) in [5.41, 5.74) is 1.94. The Hall–Kier alpha value is -1.10. The number of rotatable bonds is 10. The van der Waals surface area contributed by atoms with Gasteiger partial charge in [-0.15, -0.1) is 0 Å². The largest absolute Gasteiger partial charge is 0.496 e.